The number of ether oxygens (including phenoxy) is 2. The summed E-state index contributed by atoms with van der Waals surface area (Å²) in [7, 11) is 1.40. The topological polar surface area (TPSA) is 84.9 Å². The predicted octanol–water partition coefficient (Wildman–Crippen LogP) is 5.55. The van der Waals surface area contributed by atoms with Gasteiger partial charge in [-0.15, -0.1) is 0 Å². The molecule has 2 amide bonds. The van der Waals surface area contributed by atoms with Gasteiger partial charge in [0.15, 0.2) is 0 Å². The molecular formula is C30H37FN2O5. The van der Waals surface area contributed by atoms with Gasteiger partial charge in [0, 0.05) is 30.8 Å². The molecule has 4 rings (SSSR count). The molecule has 2 aromatic carbocycles. The molecule has 7 nitrogen and oxygen atoms in total. The number of amides is 2. The van der Waals surface area contributed by atoms with Gasteiger partial charge in [-0.2, -0.15) is 0 Å². The molecule has 2 fully saturated rings. The van der Waals surface area contributed by atoms with Crippen molar-refractivity contribution in [2.45, 2.75) is 64.4 Å². The molecule has 8 heteroatoms. The Morgan fingerprint density at radius 2 is 1.55 bits per heavy atom. The summed E-state index contributed by atoms with van der Waals surface area (Å²) in [4.78, 5) is 39.0. The van der Waals surface area contributed by atoms with Gasteiger partial charge in [0.1, 0.15) is 11.6 Å². The van der Waals surface area contributed by atoms with Crippen molar-refractivity contribution < 1.29 is 28.2 Å². The summed E-state index contributed by atoms with van der Waals surface area (Å²) in [5.74, 6) is -0.547. The summed E-state index contributed by atoms with van der Waals surface area (Å²) < 4.78 is 24.9. The van der Waals surface area contributed by atoms with Crippen LogP contribution in [-0.2, 0) is 14.3 Å². The van der Waals surface area contributed by atoms with E-state index < -0.39 is 5.82 Å². The van der Waals surface area contributed by atoms with Crippen molar-refractivity contribution in [3.63, 3.8) is 0 Å². The van der Waals surface area contributed by atoms with Crippen molar-refractivity contribution >= 4 is 23.5 Å². The molecule has 2 aliphatic rings. The first-order valence-corrected chi connectivity index (χ1v) is 13.5. The molecular weight excluding hydrogens is 487 g/mol. The summed E-state index contributed by atoms with van der Waals surface area (Å²) in [5, 5.41) is 3.01. The normalized spacial score (nSPS) is 20.2. The zero-order chi connectivity index (χ0) is 27.2. The minimum atomic E-state index is -0.565. The molecule has 38 heavy (non-hydrogen) atoms. The highest BCUT2D eigenvalue weighted by Gasteiger charge is 2.31. The van der Waals surface area contributed by atoms with Crippen molar-refractivity contribution in [2.24, 2.45) is 11.8 Å². The van der Waals surface area contributed by atoms with Gasteiger partial charge in [-0.05, 0) is 88.1 Å². The number of halogens is 1. The number of esters is 1. The Kier molecular flexibility index (Phi) is 9.02. The molecule has 0 spiro atoms. The summed E-state index contributed by atoms with van der Waals surface area (Å²) in [6.07, 6.45) is 4.22. The van der Waals surface area contributed by atoms with Crippen molar-refractivity contribution in [1.29, 1.82) is 0 Å². The van der Waals surface area contributed by atoms with E-state index in [2.05, 4.69) is 5.32 Å². The van der Waals surface area contributed by atoms with Crippen LogP contribution in [0.1, 0.15) is 74.2 Å². The van der Waals surface area contributed by atoms with Gasteiger partial charge in [-0.25, -0.2) is 4.39 Å². The van der Waals surface area contributed by atoms with Crippen molar-refractivity contribution in [2.75, 3.05) is 25.5 Å². The van der Waals surface area contributed by atoms with Gasteiger partial charge in [0.25, 0.3) is 5.91 Å². The molecule has 0 radical (unpaired) electrons. The Hall–Kier alpha value is -3.42. The van der Waals surface area contributed by atoms with Crippen LogP contribution in [0.15, 0.2) is 42.5 Å². The summed E-state index contributed by atoms with van der Waals surface area (Å²) in [6, 6.07) is 12.3. The summed E-state index contributed by atoms with van der Waals surface area (Å²) >= 11 is 0. The molecule has 1 saturated carbocycles. The lowest BCUT2D eigenvalue weighted by atomic mass is 9.81. The van der Waals surface area contributed by atoms with Crippen LogP contribution in [0, 0.1) is 17.7 Å². The number of nitrogens with zero attached hydrogens (tertiary/aromatic N) is 1. The number of carbonyl (C=O) groups is 3. The third-order valence-corrected chi connectivity index (χ3v) is 7.61. The molecule has 1 aliphatic carbocycles. The van der Waals surface area contributed by atoms with Crippen molar-refractivity contribution in [3.8, 4) is 5.75 Å². The molecule has 1 heterocycles. The maximum absolute atomic E-state index is 14.6. The first kappa shape index (κ1) is 27.6. The standard InChI is InChI=1S/C30H37FN2O5/c1-19(2)38-25-12-13-26(27(31)18-25)29(35)33-16-14-21(15-17-33)20-8-10-24(11-9-20)32-28(34)22-4-6-23(7-5-22)30(36)37-3/h8-13,18-19,21-23H,4-7,14-17H2,1-3H3,(H,32,34). The van der Waals surface area contributed by atoms with Gasteiger partial charge < -0.3 is 19.7 Å². The molecule has 0 unspecified atom stereocenters. The first-order chi connectivity index (χ1) is 18.2. The van der Waals surface area contributed by atoms with E-state index in [-0.39, 0.29) is 41.3 Å². The Labute approximate surface area is 223 Å². The fourth-order valence-corrected chi connectivity index (χ4v) is 5.44. The van der Waals surface area contributed by atoms with Gasteiger partial charge in [-0.1, -0.05) is 12.1 Å². The van der Waals surface area contributed by atoms with E-state index in [0.29, 0.717) is 50.4 Å². The van der Waals surface area contributed by atoms with E-state index in [1.807, 2.05) is 38.1 Å². The monoisotopic (exact) mass is 524 g/mol. The molecule has 0 bridgehead atoms. The van der Waals surface area contributed by atoms with Crippen LogP contribution < -0.4 is 10.1 Å². The summed E-state index contributed by atoms with van der Waals surface area (Å²) in [5.41, 5.74) is 1.98. The largest absolute Gasteiger partial charge is 0.491 e. The van der Waals surface area contributed by atoms with Crippen molar-refractivity contribution in [1.82, 2.24) is 4.90 Å². The van der Waals surface area contributed by atoms with E-state index in [1.165, 1.54) is 19.2 Å². The van der Waals surface area contributed by atoms with Crippen molar-refractivity contribution in [3.05, 3.63) is 59.4 Å². The van der Waals surface area contributed by atoms with E-state index in [0.717, 1.165) is 24.1 Å². The minimum Gasteiger partial charge on any atom is -0.491 e. The Morgan fingerprint density at radius 1 is 0.921 bits per heavy atom. The number of likely N-dealkylation sites (tertiary alicyclic amines) is 1. The zero-order valence-electron chi connectivity index (χ0n) is 22.4. The molecule has 0 aromatic heterocycles. The Morgan fingerprint density at radius 3 is 2.13 bits per heavy atom. The van der Waals surface area contributed by atoms with Gasteiger partial charge in [-0.3, -0.25) is 14.4 Å². The maximum atomic E-state index is 14.6. The minimum absolute atomic E-state index is 0.0103. The van der Waals surface area contributed by atoms with E-state index >= 15 is 0 Å². The number of carbonyl (C=O) groups excluding carboxylic acids is 3. The highest BCUT2D eigenvalue weighted by atomic mass is 19.1. The lowest BCUT2D eigenvalue weighted by Crippen LogP contribution is -2.38. The number of nitrogens with one attached hydrogen (secondary N) is 1. The van der Waals surface area contributed by atoms with Crippen LogP contribution in [0.3, 0.4) is 0 Å². The number of piperidine rings is 1. The Balaban J connectivity index is 1.26. The number of anilines is 1. The zero-order valence-corrected chi connectivity index (χ0v) is 22.4. The molecule has 2 aromatic rings. The number of benzene rings is 2. The number of hydrogen-bond donors (Lipinski definition) is 1. The van der Waals surface area contributed by atoms with Crippen LogP contribution in [0.2, 0.25) is 0 Å². The third-order valence-electron chi connectivity index (χ3n) is 7.61. The van der Waals surface area contributed by atoms with Crippen LogP contribution in [0.5, 0.6) is 5.75 Å². The fraction of sp³-hybridized carbons (Fsp3) is 0.500. The van der Waals surface area contributed by atoms with E-state index in [9.17, 15) is 18.8 Å². The average molecular weight is 525 g/mol. The number of rotatable bonds is 7. The average Bonchev–Trinajstić information content (AvgIpc) is 2.92. The maximum Gasteiger partial charge on any atom is 0.308 e. The SMILES string of the molecule is COC(=O)C1CCC(C(=O)Nc2ccc(C3CCN(C(=O)c4ccc(OC(C)C)cc4F)CC3)cc2)CC1. The summed E-state index contributed by atoms with van der Waals surface area (Å²) in [6.45, 7) is 4.84. The van der Waals surface area contributed by atoms with Crippen LogP contribution in [0.4, 0.5) is 10.1 Å². The van der Waals surface area contributed by atoms with E-state index in [1.54, 1.807) is 11.0 Å². The fourth-order valence-electron chi connectivity index (χ4n) is 5.44. The second kappa shape index (κ2) is 12.4. The number of hydrogen-bond acceptors (Lipinski definition) is 5. The Bertz CT molecular complexity index is 1130. The first-order valence-electron chi connectivity index (χ1n) is 13.5. The smallest absolute Gasteiger partial charge is 0.308 e. The van der Waals surface area contributed by atoms with E-state index in [4.69, 9.17) is 9.47 Å². The van der Waals surface area contributed by atoms with Gasteiger partial charge >= 0.3 is 5.97 Å². The molecule has 204 valence electrons. The quantitative estimate of drug-likeness (QED) is 0.480. The molecule has 1 aliphatic heterocycles. The van der Waals surface area contributed by atoms with Crippen LogP contribution in [0.25, 0.3) is 0 Å². The lowest BCUT2D eigenvalue weighted by Gasteiger charge is -2.32. The predicted molar refractivity (Wildman–Crippen MR) is 143 cm³/mol. The number of methoxy groups -OCH3 is 1. The van der Waals surface area contributed by atoms with Crippen LogP contribution in [-0.4, -0.2) is 49.0 Å². The highest BCUT2D eigenvalue weighted by molar-refractivity contribution is 5.95. The molecule has 0 atom stereocenters. The second-order valence-corrected chi connectivity index (χ2v) is 10.6. The lowest BCUT2D eigenvalue weighted by molar-refractivity contribution is -0.147. The molecule has 1 N–H and O–H groups in total. The van der Waals surface area contributed by atoms with Gasteiger partial charge in [0.2, 0.25) is 5.91 Å². The molecule has 1 saturated heterocycles. The highest BCUT2D eigenvalue weighted by Crippen LogP contribution is 2.32. The third kappa shape index (κ3) is 6.71. The van der Waals surface area contributed by atoms with Gasteiger partial charge in [0.05, 0.1) is 24.7 Å². The second-order valence-electron chi connectivity index (χ2n) is 10.6. The van der Waals surface area contributed by atoms with Crippen LogP contribution >= 0.6 is 0 Å².